The number of carbonyl (C=O) groups is 2. The number of rotatable bonds is 9. The number of methoxy groups -OCH3 is 2. The zero-order chi connectivity index (χ0) is 22.4. The van der Waals surface area contributed by atoms with E-state index in [4.69, 9.17) is 9.47 Å². The Labute approximate surface area is 184 Å². The van der Waals surface area contributed by atoms with Crippen molar-refractivity contribution >= 4 is 11.8 Å². The van der Waals surface area contributed by atoms with Crippen molar-refractivity contribution in [1.82, 2.24) is 9.80 Å². The first-order valence-corrected chi connectivity index (χ1v) is 10.8. The molecule has 0 saturated carbocycles. The van der Waals surface area contributed by atoms with Gasteiger partial charge < -0.3 is 19.3 Å². The lowest BCUT2D eigenvalue weighted by Crippen LogP contribution is -2.34. The second kappa shape index (κ2) is 10.3. The predicted octanol–water partition coefficient (Wildman–Crippen LogP) is 3.32. The molecule has 0 spiro atoms. The lowest BCUT2D eigenvalue weighted by atomic mass is 10.1. The van der Waals surface area contributed by atoms with E-state index in [-0.39, 0.29) is 24.2 Å². The van der Waals surface area contributed by atoms with Gasteiger partial charge in [0.2, 0.25) is 11.8 Å². The van der Waals surface area contributed by atoms with E-state index < -0.39 is 0 Å². The number of nitrogens with zero attached hydrogens (tertiary/aromatic N) is 2. The molecule has 2 aromatic carbocycles. The molecule has 3 rings (SSSR count). The highest BCUT2D eigenvalue weighted by atomic mass is 16.5. The molecule has 0 N–H and O–H groups in total. The Kier molecular flexibility index (Phi) is 7.55. The van der Waals surface area contributed by atoms with Crippen molar-refractivity contribution < 1.29 is 19.1 Å². The van der Waals surface area contributed by atoms with Crippen molar-refractivity contribution in [1.29, 1.82) is 0 Å². The lowest BCUT2D eigenvalue weighted by molar-refractivity contribution is -0.135. The summed E-state index contributed by atoms with van der Waals surface area (Å²) >= 11 is 0. The molecule has 0 radical (unpaired) electrons. The van der Waals surface area contributed by atoms with E-state index in [2.05, 4.69) is 31.2 Å². The van der Waals surface area contributed by atoms with E-state index in [9.17, 15) is 9.59 Å². The summed E-state index contributed by atoms with van der Waals surface area (Å²) < 4.78 is 10.6. The molecule has 0 aliphatic carbocycles. The van der Waals surface area contributed by atoms with Gasteiger partial charge in [-0.2, -0.15) is 0 Å². The molecule has 0 aromatic heterocycles. The van der Waals surface area contributed by atoms with Crippen LogP contribution in [0.5, 0.6) is 11.5 Å². The van der Waals surface area contributed by atoms with Crippen molar-refractivity contribution in [3.63, 3.8) is 0 Å². The van der Waals surface area contributed by atoms with E-state index in [0.717, 1.165) is 17.5 Å². The van der Waals surface area contributed by atoms with Gasteiger partial charge in [0.05, 0.1) is 20.1 Å². The number of hydrogen-bond donors (Lipinski definition) is 0. The molecule has 1 aliphatic rings. The third kappa shape index (κ3) is 5.57. The van der Waals surface area contributed by atoms with Crippen LogP contribution in [0.25, 0.3) is 0 Å². The average molecular weight is 425 g/mol. The van der Waals surface area contributed by atoms with Crippen LogP contribution in [0.15, 0.2) is 42.5 Å². The highest BCUT2D eigenvalue weighted by Crippen LogP contribution is 2.28. The molecule has 2 aromatic rings. The number of likely N-dealkylation sites (tertiary alicyclic amines) is 1. The van der Waals surface area contributed by atoms with Crippen molar-refractivity contribution in [2.24, 2.45) is 5.92 Å². The van der Waals surface area contributed by atoms with Gasteiger partial charge in [0.1, 0.15) is 0 Å². The zero-order valence-electron chi connectivity index (χ0n) is 18.9. The van der Waals surface area contributed by atoms with Crippen molar-refractivity contribution in [2.75, 3.05) is 34.4 Å². The van der Waals surface area contributed by atoms with Crippen LogP contribution >= 0.6 is 0 Å². The summed E-state index contributed by atoms with van der Waals surface area (Å²) in [6.45, 7) is 3.74. The molecule has 166 valence electrons. The molecule has 6 nitrogen and oxygen atoms in total. The van der Waals surface area contributed by atoms with Gasteiger partial charge in [-0.15, -0.1) is 0 Å². The van der Waals surface area contributed by atoms with Crippen LogP contribution in [0.2, 0.25) is 0 Å². The molecule has 1 unspecified atom stereocenters. The fourth-order valence-electron chi connectivity index (χ4n) is 4.00. The number of ether oxygens (including phenoxy) is 2. The molecule has 1 aliphatic heterocycles. The molecule has 31 heavy (non-hydrogen) atoms. The largest absolute Gasteiger partial charge is 0.493 e. The zero-order valence-corrected chi connectivity index (χ0v) is 18.9. The second-order valence-electron chi connectivity index (χ2n) is 8.04. The Morgan fingerprint density at radius 2 is 1.68 bits per heavy atom. The van der Waals surface area contributed by atoms with Gasteiger partial charge in [-0.1, -0.05) is 37.3 Å². The maximum absolute atomic E-state index is 12.9. The molecular weight excluding hydrogens is 392 g/mol. The Balaban J connectivity index is 1.54. The van der Waals surface area contributed by atoms with Gasteiger partial charge in [0.25, 0.3) is 0 Å². The molecular formula is C25H32N2O4. The first-order chi connectivity index (χ1) is 14.9. The van der Waals surface area contributed by atoms with E-state index in [1.165, 1.54) is 5.56 Å². The normalized spacial score (nSPS) is 15.8. The van der Waals surface area contributed by atoms with E-state index >= 15 is 0 Å². The number of carbonyl (C=O) groups excluding carboxylic acids is 2. The Morgan fingerprint density at radius 1 is 1.03 bits per heavy atom. The smallest absolute Gasteiger partial charge is 0.228 e. The van der Waals surface area contributed by atoms with Gasteiger partial charge in [-0.3, -0.25) is 9.59 Å². The summed E-state index contributed by atoms with van der Waals surface area (Å²) in [5, 5.41) is 0. The third-order valence-corrected chi connectivity index (χ3v) is 5.91. The second-order valence-corrected chi connectivity index (χ2v) is 8.04. The number of hydrogen-bond acceptors (Lipinski definition) is 4. The maximum atomic E-state index is 12.9. The summed E-state index contributed by atoms with van der Waals surface area (Å²) in [6, 6.07) is 14.1. The van der Waals surface area contributed by atoms with Crippen LogP contribution in [-0.2, 0) is 29.0 Å². The minimum absolute atomic E-state index is 0.0292. The maximum Gasteiger partial charge on any atom is 0.228 e. The minimum Gasteiger partial charge on any atom is -0.493 e. The topological polar surface area (TPSA) is 59.1 Å². The van der Waals surface area contributed by atoms with Gasteiger partial charge >= 0.3 is 0 Å². The van der Waals surface area contributed by atoms with Gasteiger partial charge in [0.15, 0.2) is 11.5 Å². The molecule has 6 heteroatoms. The Morgan fingerprint density at radius 3 is 2.32 bits per heavy atom. The fourth-order valence-corrected chi connectivity index (χ4v) is 4.00. The molecule has 2 amide bonds. The highest BCUT2D eigenvalue weighted by Gasteiger charge is 2.35. The quantitative estimate of drug-likeness (QED) is 0.620. The van der Waals surface area contributed by atoms with Gasteiger partial charge in [-0.25, -0.2) is 0 Å². The van der Waals surface area contributed by atoms with Crippen LogP contribution in [-0.4, -0.2) is 56.0 Å². The minimum atomic E-state index is -0.280. The van der Waals surface area contributed by atoms with Crippen LogP contribution < -0.4 is 9.47 Å². The SMILES string of the molecule is CCc1ccc(CN(C)C(=O)C2CC(=O)N(CCc3ccc(OC)c(OC)c3)C2)cc1. The van der Waals surface area contributed by atoms with Crippen LogP contribution in [0.3, 0.4) is 0 Å². The molecule has 1 fully saturated rings. The van der Waals surface area contributed by atoms with Crippen LogP contribution in [0.4, 0.5) is 0 Å². The number of benzene rings is 2. The number of amides is 2. The van der Waals surface area contributed by atoms with E-state index in [1.54, 1.807) is 24.0 Å². The summed E-state index contributed by atoms with van der Waals surface area (Å²) in [6.07, 6.45) is 1.98. The summed E-state index contributed by atoms with van der Waals surface area (Å²) in [7, 11) is 5.03. The summed E-state index contributed by atoms with van der Waals surface area (Å²) in [5.74, 6) is 1.15. The highest BCUT2D eigenvalue weighted by molar-refractivity contribution is 5.89. The molecule has 1 heterocycles. The fraction of sp³-hybridized carbons (Fsp3) is 0.440. The number of aryl methyl sites for hydroxylation is 1. The Bertz CT molecular complexity index is 910. The van der Waals surface area contributed by atoms with Crippen LogP contribution in [0.1, 0.15) is 30.0 Å². The van der Waals surface area contributed by atoms with Crippen molar-refractivity contribution in [3.05, 3.63) is 59.2 Å². The summed E-state index contributed by atoms with van der Waals surface area (Å²) in [5.41, 5.74) is 3.44. The lowest BCUT2D eigenvalue weighted by Gasteiger charge is -2.22. The average Bonchev–Trinajstić information content (AvgIpc) is 3.17. The summed E-state index contributed by atoms with van der Waals surface area (Å²) in [4.78, 5) is 28.9. The molecule has 1 saturated heterocycles. The first kappa shape index (κ1) is 22.7. The van der Waals surface area contributed by atoms with E-state index in [0.29, 0.717) is 37.6 Å². The third-order valence-electron chi connectivity index (χ3n) is 5.91. The van der Waals surface area contributed by atoms with E-state index in [1.807, 2.05) is 25.2 Å². The monoisotopic (exact) mass is 424 g/mol. The van der Waals surface area contributed by atoms with Crippen molar-refractivity contribution in [2.45, 2.75) is 32.7 Å². The Hall–Kier alpha value is -3.02. The first-order valence-electron chi connectivity index (χ1n) is 10.8. The van der Waals surface area contributed by atoms with Crippen LogP contribution in [0, 0.1) is 5.92 Å². The standard InChI is InChI=1S/C25H32N2O4/c1-5-18-6-8-20(9-7-18)16-26(2)25(29)21-15-24(28)27(17-21)13-12-19-10-11-22(30-3)23(14-19)31-4/h6-11,14,21H,5,12-13,15-17H2,1-4H3. The van der Waals surface area contributed by atoms with Gasteiger partial charge in [0, 0.05) is 33.1 Å². The van der Waals surface area contributed by atoms with Gasteiger partial charge in [-0.05, 0) is 41.7 Å². The predicted molar refractivity (Wildman–Crippen MR) is 120 cm³/mol. The molecule has 1 atom stereocenters. The van der Waals surface area contributed by atoms with Crippen molar-refractivity contribution in [3.8, 4) is 11.5 Å². The molecule has 0 bridgehead atoms.